The number of nitrogens with zero attached hydrogens (tertiary/aromatic N) is 1. The van der Waals surface area contributed by atoms with Crippen molar-refractivity contribution in [1.29, 1.82) is 0 Å². The van der Waals surface area contributed by atoms with Crippen LogP contribution in [0.5, 0.6) is 5.88 Å². The molecule has 1 unspecified atom stereocenters. The molecule has 0 radical (unpaired) electrons. The fourth-order valence-corrected chi connectivity index (χ4v) is 2.09. The van der Waals surface area contributed by atoms with Gasteiger partial charge in [0.1, 0.15) is 0 Å². The van der Waals surface area contributed by atoms with E-state index >= 15 is 0 Å². The first kappa shape index (κ1) is 14.5. The second-order valence-electron chi connectivity index (χ2n) is 5.25. The average molecular weight is 271 g/mol. The molecule has 106 valence electrons. The lowest BCUT2D eigenvalue weighted by atomic mass is 9.98. The molecule has 20 heavy (non-hydrogen) atoms. The van der Waals surface area contributed by atoms with Crippen LogP contribution in [0.2, 0.25) is 0 Å². The second-order valence-corrected chi connectivity index (χ2v) is 5.25. The molecule has 1 atom stereocenters. The number of pyridine rings is 1. The highest BCUT2D eigenvalue weighted by atomic mass is 16.5. The van der Waals surface area contributed by atoms with E-state index in [0.29, 0.717) is 18.2 Å². The maximum absolute atomic E-state index is 10.2. The van der Waals surface area contributed by atoms with E-state index in [9.17, 15) is 5.11 Å². The third-order valence-electron chi connectivity index (χ3n) is 3.43. The van der Waals surface area contributed by atoms with Crippen LogP contribution < -0.4 is 4.74 Å². The summed E-state index contributed by atoms with van der Waals surface area (Å²) >= 11 is 0. The Morgan fingerprint density at radius 1 is 1.05 bits per heavy atom. The number of ether oxygens (including phenoxy) is 1. The smallest absolute Gasteiger partial charge is 0.212 e. The van der Waals surface area contributed by atoms with Crippen LogP contribution in [0, 0.1) is 0 Å². The first-order valence-electron chi connectivity index (χ1n) is 6.87. The highest BCUT2D eigenvalue weighted by Gasteiger charge is 2.10. The van der Waals surface area contributed by atoms with Gasteiger partial charge in [-0.15, -0.1) is 0 Å². The van der Waals surface area contributed by atoms with Gasteiger partial charge in [0, 0.05) is 18.7 Å². The summed E-state index contributed by atoms with van der Waals surface area (Å²) in [5.74, 6) is 1.09. The minimum Gasteiger partial charge on any atom is -0.481 e. The molecule has 0 amide bonds. The average Bonchev–Trinajstić information content (AvgIpc) is 2.48. The molecule has 3 heteroatoms. The van der Waals surface area contributed by atoms with E-state index in [2.05, 4.69) is 43.1 Å². The molecule has 1 aromatic carbocycles. The number of rotatable bonds is 5. The van der Waals surface area contributed by atoms with E-state index in [1.165, 1.54) is 5.56 Å². The minimum atomic E-state index is -0.543. The highest BCUT2D eigenvalue weighted by Crippen LogP contribution is 2.21. The van der Waals surface area contributed by atoms with Crippen molar-refractivity contribution in [2.75, 3.05) is 7.11 Å². The van der Waals surface area contributed by atoms with E-state index in [0.717, 1.165) is 11.1 Å². The summed E-state index contributed by atoms with van der Waals surface area (Å²) in [6.07, 6.45) is 1.71. The zero-order chi connectivity index (χ0) is 14.5. The highest BCUT2D eigenvalue weighted by molar-refractivity contribution is 5.27. The van der Waals surface area contributed by atoms with Gasteiger partial charge >= 0.3 is 0 Å². The molecule has 0 bridgehead atoms. The lowest BCUT2D eigenvalue weighted by molar-refractivity contribution is 0.178. The molecule has 0 saturated heterocycles. The first-order valence-corrected chi connectivity index (χ1v) is 6.87. The van der Waals surface area contributed by atoms with Gasteiger partial charge in [-0.3, -0.25) is 0 Å². The van der Waals surface area contributed by atoms with Crippen molar-refractivity contribution in [3.05, 3.63) is 59.3 Å². The number of methoxy groups -OCH3 is 1. The molecule has 2 rings (SSSR count). The lowest BCUT2D eigenvalue weighted by Crippen LogP contribution is -2.03. The number of aliphatic hydroxyl groups excluding tert-OH is 1. The number of hydrogen-bond acceptors (Lipinski definition) is 3. The molecule has 3 nitrogen and oxygen atoms in total. The maximum Gasteiger partial charge on any atom is 0.212 e. The molecule has 0 aliphatic rings. The Morgan fingerprint density at radius 2 is 1.70 bits per heavy atom. The van der Waals surface area contributed by atoms with E-state index in [4.69, 9.17) is 4.74 Å². The van der Waals surface area contributed by atoms with Crippen molar-refractivity contribution in [3.63, 3.8) is 0 Å². The molecule has 0 aliphatic carbocycles. The van der Waals surface area contributed by atoms with Gasteiger partial charge < -0.3 is 9.84 Å². The zero-order valence-electron chi connectivity index (χ0n) is 12.2. The molecule has 0 saturated carbocycles. The SMILES string of the molecule is COc1ccc(C(O)Cc2ccc(C(C)C)cc2)cn1. The van der Waals surface area contributed by atoms with Gasteiger partial charge in [-0.25, -0.2) is 4.98 Å². The Hall–Kier alpha value is -1.87. The standard InChI is InChI=1S/C17H21NO2/c1-12(2)14-6-4-13(5-7-14)10-16(19)15-8-9-17(20-3)18-11-15/h4-9,11-12,16,19H,10H2,1-3H3. The summed E-state index contributed by atoms with van der Waals surface area (Å²) in [5.41, 5.74) is 3.24. The Morgan fingerprint density at radius 3 is 2.20 bits per heavy atom. The number of hydrogen-bond donors (Lipinski definition) is 1. The molecular formula is C17H21NO2. The van der Waals surface area contributed by atoms with Crippen molar-refractivity contribution >= 4 is 0 Å². The van der Waals surface area contributed by atoms with Crippen molar-refractivity contribution in [2.45, 2.75) is 32.3 Å². The molecule has 1 aromatic heterocycles. The Labute approximate surface area is 120 Å². The maximum atomic E-state index is 10.2. The van der Waals surface area contributed by atoms with Crippen LogP contribution in [-0.2, 0) is 6.42 Å². The molecule has 0 aliphatic heterocycles. The number of aliphatic hydroxyl groups is 1. The van der Waals surface area contributed by atoms with Crippen molar-refractivity contribution in [2.24, 2.45) is 0 Å². The molecule has 1 heterocycles. The number of benzene rings is 1. The van der Waals surface area contributed by atoms with Gasteiger partial charge in [0.2, 0.25) is 5.88 Å². The summed E-state index contributed by atoms with van der Waals surface area (Å²) in [6, 6.07) is 12.0. The fraction of sp³-hybridized carbons (Fsp3) is 0.353. The second kappa shape index (κ2) is 6.53. The van der Waals surface area contributed by atoms with Crippen LogP contribution in [0.25, 0.3) is 0 Å². The topological polar surface area (TPSA) is 42.4 Å². The van der Waals surface area contributed by atoms with Crippen molar-refractivity contribution in [3.8, 4) is 5.88 Å². The minimum absolute atomic E-state index is 0.528. The van der Waals surface area contributed by atoms with Crippen LogP contribution in [-0.4, -0.2) is 17.2 Å². The zero-order valence-corrected chi connectivity index (χ0v) is 12.2. The predicted molar refractivity (Wildman–Crippen MR) is 80.0 cm³/mol. The predicted octanol–water partition coefficient (Wildman–Crippen LogP) is 3.49. The monoisotopic (exact) mass is 271 g/mol. The van der Waals surface area contributed by atoms with Gasteiger partial charge in [-0.05, 0) is 28.7 Å². The summed E-state index contributed by atoms with van der Waals surface area (Å²) in [7, 11) is 1.58. The Kier molecular flexibility index (Phi) is 4.74. The largest absolute Gasteiger partial charge is 0.481 e. The molecule has 0 spiro atoms. The van der Waals surface area contributed by atoms with Crippen LogP contribution in [0.15, 0.2) is 42.6 Å². The molecule has 0 fully saturated rings. The van der Waals surface area contributed by atoms with E-state index < -0.39 is 6.10 Å². The van der Waals surface area contributed by atoms with Crippen LogP contribution in [0.4, 0.5) is 0 Å². The quantitative estimate of drug-likeness (QED) is 0.905. The van der Waals surface area contributed by atoms with Gasteiger partial charge in [-0.2, -0.15) is 0 Å². The van der Waals surface area contributed by atoms with Gasteiger partial charge in [0.25, 0.3) is 0 Å². The van der Waals surface area contributed by atoms with E-state index in [1.807, 2.05) is 6.07 Å². The Balaban J connectivity index is 2.04. The van der Waals surface area contributed by atoms with Gasteiger partial charge in [0.05, 0.1) is 13.2 Å². The Bertz CT molecular complexity index is 532. The first-order chi connectivity index (χ1) is 9.60. The molecule has 1 N–H and O–H groups in total. The molecule has 2 aromatic rings. The molecular weight excluding hydrogens is 250 g/mol. The van der Waals surface area contributed by atoms with E-state index in [-0.39, 0.29) is 0 Å². The van der Waals surface area contributed by atoms with Crippen LogP contribution in [0.3, 0.4) is 0 Å². The van der Waals surface area contributed by atoms with Gasteiger partial charge in [-0.1, -0.05) is 38.1 Å². The van der Waals surface area contributed by atoms with Crippen LogP contribution in [0.1, 0.15) is 42.6 Å². The lowest BCUT2D eigenvalue weighted by Gasteiger charge is -2.12. The van der Waals surface area contributed by atoms with E-state index in [1.54, 1.807) is 19.4 Å². The van der Waals surface area contributed by atoms with Crippen LogP contribution >= 0.6 is 0 Å². The third-order valence-corrected chi connectivity index (χ3v) is 3.43. The van der Waals surface area contributed by atoms with Gasteiger partial charge in [0.15, 0.2) is 0 Å². The normalized spacial score (nSPS) is 12.4. The number of aromatic nitrogens is 1. The summed E-state index contributed by atoms with van der Waals surface area (Å²) in [4.78, 5) is 4.11. The van der Waals surface area contributed by atoms with Crippen molar-refractivity contribution < 1.29 is 9.84 Å². The summed E-state index contributed by atoms with van der Waals surface area (Å²) in [6.45, 7) is 4.35. The van der Waals surface area contributed by atoms with Crippen molar-refractivity contribution in [1.82, 2.24) is 4.98 Å². The summed E-state index contributed by atoms with van der Waals surface area (Å²) < 4.78 is 5.01. The fourth-order valence-electron chi connectivity index (χ4n) is 2.09. The summed E-state index contributed by atoms with van der Waals surface area (Å²) in [5, 5.41) is 10.2. The third kappa shape index (κ3) is 3.58.